The summed E-state index contributed by atoms with van der Waals surface area (Å²) < 4.78 is 31.2. The first-order valence-corrected chi connectivity index (χ1v) is 10.7. The number of hydrogen-bond acceptors (Lipinski definition) is 8. The van der Waals surface area contributed by atoms with Crippen molar-refractivity contribution >= 4 is 27.2 Å². The van der Waals surface area contributed by atoms with Gasteiger partial charge >= 0.3 is 0 Å². The summed E-state index contributed by atoms with van der Waals surface area (Å²) in [5, 5.41) is 19.2. The van der Waals surface area contributed by atoms with Crippen LogP contribution in [0.4, 0.5) is 5.95 Å². The Labute approximate surface area is 183 Å². The molecule has 4 rings (SSSR count). The fourth-order valence-electron chi connectivity index (χ4n) is 3.45. The average molecular weight is 468 g/mol. The largest absolute Gasteiger partial charge is 0.412 e. The Bertz CT molecular complexity index is 1270. The van der Waals surface area contributed by atoms with E-state index < -0.39 is 21.8 Å². The van der Waals surface area contributed by atoms with E-state index in [-0.39, 0.29) is 40.4 Å². The van der Waals surface area contributed by atoms with Gasteiger partial charge in [0.2, 0.25) is 5.95 Å². The number of benzene rings is 1. The summed E-state index contributed by atoms with van der Waals surface area (Å²) >= 11 is 0. The van der Waals surface area contributed by atoms with Gasteiger partial charge in [-0.05, 0) is 31.1 Å². The lowest BCUT2D eigenvalue weighted by Gasteiger charge is -2.15. The maximum Gasteiger partial charge on any atom is 0.294 e. The highest BCUT2D eigenvalue weighted by Gasteiger charge is 2.37. The van der Waals surface area contributed by atoms with E-state index in [9.17, 15) is 23.4 Å². The van der Waals surface area contributed by atoms with Crippen molar-refractivity contribution in [1.82, 2.24) is 19.5 Å². The molecule has 0 unspecified atom stereocenters. The third kappa shape index (κ3) is 5.03. The van der Waals surface area contributed by atoms with Crippen LogP contribution in [0.3, 0.4) is 0 Å². The van der Waals surface area contributed by atoms with Gasteiger partial charge in [0.1, 0.15) is 0 Å². The van der Waals surface area contributed by atoms with E-state index in [1.807, 2.05) is 6.92 Å². The number of nitrogens with one attached hydrogen (secondary N) is 1. The number of fused-ring (bicyclic) bond motifs is 1. The molecule has 0 amide bonds. The van der Waals surface area contributed by atoms with Gasteiger partial charge in [-0.15, -0.1) is 0 Å². The summed E-state index contributed by atoms with van der Waals surface area (Å²) in [6.07, 6.45) is 1.20. The Hall–Kier alpha value is -3.10. The predicted octanol–water partition coefficient (Wildman–Crippen LogP) is -0.411. The molecule has 8 N–H and O–H groups in total. The maximum atomic E-state index is 11.7. The van der Waals surface area contributed by atoms with Crippen LogP contribution in [0.25, 0.3) is 11.2 Å². The number of imidazole rings is 1. The minimum Gasteiger partial charge on any atom is -0.412 e. The Morgan fingerprint density at radius 3 is 2.47 bits per heavy atom. The third-order valence-corrected chi connectivity index (χ3v) is 6.00. The van der Waals surface area contributed by atoms with E-state index in [1.165, 1.54) is 18.5 Å². The Kier molecular flexibility index (Phi) is 7.54. The van der Waals surface area contributed by atoms with Crippen molar-refractivity contribution in [3.8, 4) is 0 Å². The van der Waals surface area contributed by atoms with Gasteiger partial charge in [-0.3, -0.25) is 14.3 Å². The minimum absolute atomic E-state index is 0. The molecule has 2 heterocycles. The van der Waals surface area contributed by atoms with Crippen LogP contribution in [0.1, 0.15) is 18.0 Å². The van der Waals surface area contributed by atoms with E-state index in [2.05, 4.69) is 21.5 Å². The fourth-order valence-corrected chi connectivity index (χ4v) is 3.93. The highest BCUT2D eigenvalue weighted by atomic mass is 32.2. The number of nitrogen functional groups attached to an aromatic ring is 1. The lowest BCUT2D eigenvalue weighted by molar-refractivity contribution is 0.101. The maximum absolute atomic E-state index is 11.7. The van der Waals surface area contributed by atoms with Crippen LogP contribution >= 0.6 is 0 Å². The topological polar surface area (TPSA) is 216 Å². The van der Waals surface area contributed by atoms with Crippen LogP contribution in [-0.2, 0) is 10.1 Å². The van der Waals surface area contributed by atoms with E-state index in [4.69, 9.17) is 10.3 Å². The van der Waals surface area contributed by atoms with Crippen molar-refractivity contribution < 1.29 is 28.7 Å². The number of aromatic nitrogens is 4. The highest BCUT2D eigenvalue weighted by molar-refractivity contribution is 7.85. The molecule has 32 heavy (non-hydrogen) atoms. The first kappa shape index (κ1) is 25.2. The van der Waals surface area contributed by atoms with Crippen LogP contribution in [0.2, 0.25) is 0 Å². The highest BCUT2D eigenvalue weighted by Crippen LogP contribution is 2.39. The molecule has 1 fully saturated rings. The molecular weight excluding hydrogens is 442 g/mol. The molecule has 0 radical (unpaired) electrons. The molecule has 1 aliphatic carbocycles. The van der Waals surface area contributed by atoms with Crippen molar-refractivity contribution in [2.24, 2.45) is 5.92 Å². The van der Waals surface area contributed by atoms with Crippen molar-refractivity contribution in [2.45, 2.75) is 30.4 Å². The molecule has 0 saturated heterocycles. The molecule has 1 saturated carbocycles. The standard InChI is InChI=1S/C12H15N5O3.C7H8O3S.H2O/c1-5-6(3-18)8(19)2-7(5)17-4-14-9-10(17)15-12(13)16-11(9)20;1-6-2-4-7(5-3-6)11(8,9)10;/h4,6-8,18-19H,1-3H2,(H3,13,15,16,20);2-5H,1H3,(H,8,9,10);1H2/t6-,7-,8-;;/m0../s1. The quantitative estimate of drug-likeness (QED) is 0.249. The molecule has 1 aliphatic rings. The zero-order valence-electron chi connectivity index (χ0n) is 17.1. The molecule has 3 aromatic rings. The predicted molar refractivity (Wildman–Crippen MR) is 117 cm³/mol. The zero-order valence-corrected chi connectivity index (χ0v) is 18.0. The van der Waals surface area contributed by atoms with Crippen LogP contribution < -0.4 is 11.3 Å². The molecule has 0 spiro atoms. The van der Waals surface area contributed by atoms with Crippen molar-refractivity contribution in [2.75, 3.05) is 12.3 Å². The number of H-pyrrole nitrogens is 1. The van der Waals surface area contributed by atoms with Crippen LogP contribution in [0.15, 0.2) is 52.4 Å². The normalized spacial score (nSPS) is 20.5. The first-order valence-electron chi connectivity index (χ1n) is 9.27. The lowest BCUT2D eigenvalue weighted by Crippen LogP contribution is -2.17. The van der Waals surface area contributed by atoms with Gasteiger partial charge in [0.05, 0.1) is 30.0 Å². The Morgan fingerprint density at radius 2 is 1.94 bits per heavy atom. The van der Waals surface area contributed by atoms with Gasteiger partial charge < -0.3 is 26.0 Å². The van der Waals surface area contributed by atoms with Gasteiger partial charge in [0.15, 0.2) is 11.2 Å². The van der Waals surface area contributed by atoms with E-state index in [0.717, 1.165) is 5.56 Å². The molecule has 2 aromatic heterocycles. The molecule has 12 nitrogen and oxygen atoms in total. The van der Waals surface area contributed by atoms with E-state index in [1.54, 1.807) is 16.7 Å². The molecule has 174 valence electrons. The van der Waals surface area contributed by atoms with Gasteiger partial charge in [0, 0.05) is 5.92 Å². The number of rotatable bonds is 3. The third-order valence-electron chi connectivity index (χ3n) is 5.14. The van der Waals surface area contributed by atoms with Crippen molar-refractivity contribution in [3.63, 3.8) is 0 Å². The second-order valence-corrected chi connectivity index (χ2v) is 8.67. The minimum atomic E-state index is -4.02. The van der Waals surface area contributed by atoms with Gasteiger partial charge in [-0.1, -0.05) is 24.3 Å². The Balaban J connectivity index is 0.000000259. The zero-order chi connectivity index (χ0) is 22.9. The molecule has 1 aromatic carbocycles. The second-order valence-electron chi connectivity index (χ2n) is 7.25. The van der Waals surface area contributed by atoms with Gasteiger partial charge in [-0.25, -0.2) is 4.98 Å². The number of aliphatic hydroxyl groups is 2. The van der Waals surface area contributed by atoms with E-state index in [0.29, 0.717) is 17.6 Å². The number of aromatic amines is 1. The summed E-state index contributed by atoms with van der Waals surface area (Å²) in [4.78, 5) is 22.2. The number of nitrogens with zero attached hydrogens (tertiary/aromatic N) is 3. The fraction of sp³-hybridized carbons (Fsp3) is 0.316. The van der Waals surface area contributed by atoms with Crippen LogP contribution in [-0.4, -0.2) is 60.9 Å². The first-order chi connectivity index (χ1) is 14.5. The summed E-state index contributed by atoms with van der Waals surface area (Å²) in [7, 11) is -4.02. The van der Waals surface area contributed by atoms with Crippen molar-refractivity contribution in [1.29, 1.82) is 0 Å². The lowest BCUT2D eigenvalue weighted by atomic mass is 10.0. The molecule has 0 aliphatic heterocycles. The summed E-state index contributed by atoms with van der Waals surface area (Å²) in [6, 6.07) is 5.72. The van der Waals surface area contributed by atoms with Crippen LogP contribution in [0, 0.1) is 12.8 Å². The second kappa shape index (κ2) is 9.58. The van der Waals surface area contributed by atoms with Gasteiger partial charge in [0.25, 0.3) is 15.7 Å². The molecule has 3 atom stereocenters. The summed E-state index contributed by atoms with van der Waals surface area (Å²) in [5.74, 6) is -0.371. The van der Waals surface area contributed by atoms with Crippen molar-refractivity contribution in [3.05, 3.63) is 58.7 Å². The average Bonchev–Trinajstić information content (AvgIpc) is 3.22. The SMILES string of the molecule is C=C1[C@H](CO)[C@@H](O)C[C@@H]1n1cnc2c(=O)[nH]c(N)nc21.Cc1ccc(S(=O)(=O)O)cc1.O. The summed E-state index contributed by atoms with van der Waals surface area (Å²) in [6.45, 7) is 5.61. The number of aliphatic hydroxyl groups excluding tert-OH is 2. The van der Waals surface area contributed by atoms with Gasteiger partial charge in [-0.2, -0.15) is 13.4 Å². The number of nitrogens with two attached hydrogens (primary N) is 1. The number of hydrogen-bond donors (Lipinski definition) is 5. The monoisotopic (exact) mass is 467 g/mol. The summed E-state index contributed by atoms with van der Waals surface area (Å²) in [5.41, 5.74) is 7.33. The van der Waals surface area contributed by atoms with Crippen LogP contribution in [0.5, 0.6) is 0 Å². The smallest absolute Gasteiger partial charge is 0.294 e. The van der Waals surface area contributed by atoms with E-state index >= 15 is 0 Å². The number of aryl methyl sites for hydroxylation is 1. The molecular formula is C19H25N5O7S. The molecule has 0 bridgehead atoms. The number of anilines is 1. The Morgan fingerprint density at radius 1 is 1.31 bits per heavy atom. The molecule has 13 heteroatoms.